The molecule has 1 aliphatic heterocycles. The first-order valence-electron chi connectivity index (χ1n) is 8.65. The number of thiophene rings is 1. The van der Waals surface area contributed by atoms with E-state index in [9.17, 15) is 9.59 Å². The van der Waals surface area contributed by atoms with E-state index in [0.29, 0.717) is 18.5 Å². The largest absolute Gasteiger partial charge is 0.379 e. The average molecular weight is 353 g/mol. The van der Waals surface area contributed by atoms with Gasteiger partial charge >= 0.3 is 0 Å². The van der Waals surface area contributed by atoms with Crippen LogP contribution in [0.15, 0.2) is 12.1 Å². The molecule has 0 aliphatic carbocycles. The predicted molar refractivity (Wildman–Crippen MR) is 96.6 cm³/mol. The zero-order valence-electron chi connectivity index (χ0n) is 14.8. The van der Waals surface area contributed by atoms with Gasteiger partial charge in [0.15, 0.2) is 5.78 Å². The summed E-state index contributed by atoms with van der Waals surface area (Å²) >= 11 is 1.49. The highest BCUT2D eigenvalue weighted by Gasteiger charge is 2.24. The van der Waals surface area contributed by atoms with Crippen molar-refractivity contribution < 1.29 is 14.3 Å². The van der Waals surface area contributed by atoms with Crippen molar-refractivity contribution in [3.8, 4) is 0 Å². The number of morpholine rings is 1. The van der Waals surface area contributed by atoms with Crippen LogP contribution in [0.2, 0.25) is 0 Å². The molecule has 2 rings (SSSR count). The summed E-state index contributed by atoms with van der Waals surface area (Å²) in [5.74, 6) is 0.464. The molecular formula is C18H28N2O3S. The molecule has 1 N–H and O–H groups in total. The third-order valence-corrected chi connectivity index (χ3v) is 5.43. The summed E-state index contributed by atoms with van der Waals surface area (Å²) in [6.07, 6.45) is 0.527. The van der Waals surface area contributed by atoms with E-state index in [1.165, 1.54) is 11.3 Å². The number of hydrogen-bond donors (Lipinski definition) is 1. The molecule has 0 saturated carbocycles. The number of ether oxygens (including phenoxy) is 1. The molecule has 0 spiro atoms. The average Bonchev–Trinajstić information content (AvgIpc) is 3.00. The number of nitrogens with zero attached hydrogens (tertiary/aromatic N) is 1. The summed E-state index contributed by atoms with van der Waals surface area (Å²) in [5.41, 5.74) is 0. The van der Waals surface area contributed by atoms with E-state index in [4.69, 9.17) is 4.74 Å². The smallest absolute Gasteiger partial charge is 0.220 e. The number of nitrogens with one attached hydrogen (secondary N) is 1. The highest BCUT2D eigenvalue weighted by atomic mass is 32.1. The van der Waals surface area contributed by atoms with Gasteiger partial charge in [-0.3, -0.25) is 14.5 Å². The van der Waals surface area contributed by atoms with Crippen molar-refractivity contribution in [3.05, 3.63) is 21.9 Å². The zero-order valence-corrected chi connectivity index (χ0v) is 15.7. The minimum absolute atomic E-state index is 0.0458. The fourth-order valence-electron chi connectivity index (χ4n) is 2.94. The second kappa shape index (κ2) is 9.30. The van der Waals surface area contributed by atoms with Gasteiger partial charge in [-0.05, 0) is 25.0 Å². The van der Waals surface area contributed by atoms with Crippen LogP contribution in [0.3, 0.4) is 0 Å². The van der Waals surface area contributed by atoms with Crippen molar-refractivity contribution in [3.63, 3.8) is 0 Å². The van der Waals surface area contributed by atoms with E-state index in [2.05, 4.69) is 24.1 Å². The highest BCUT2D eigenvalue weighted by molar-refractivity contribution is 7.14. The van der Waals surface area contributed by atoms with Crippen LogP contribution in [0, 0.1) is 12.8 Å². The summed E-state index contributed by atoms with van der Waals surface area (Å²) in [6, 6.07) is 4.09. The second-order valence-corrected chi connectivity index (χ2v) is 7.89. The standard InChI is InChI=1S/C18H28N2O3S/c1-13(2)15(20-8-10-23-11-9-20)12-19-18(22)7-5-16(21)17-6-4-14(3)24-17/h4,6,13,15H,5,7-12H2,1-3H3,(H,19,22). The maximum atomic E-state index is 12.1. The van der Waals surface area contributed by atoms with Crippen molar-refractivity contribution in [1.82, 2.24) is 10.2 Å². The normalized spacial score (nSPS) is 17.0. The van der Waals surface area contributed by atoms with Gasteiger partial charge in [0.05, 0.1) is 18.1 Å². The van der Waals surface area contributed by atoms with Crippen molar-refractivity contribution in [2.45, 2.75) is 39.7 Å². The second-order valence-electron chi connectivity index (χ2n) is 6.60. The molecule has 24 heavy (non-hydrogen) atoms. The Morgan fingerprint density at radius 1 is 1.25 bits per heavy atom. The van der Waals surface area contributed by atoms with E-state index < -0.39 is 0 Å². The molecule has 6 heteroatoms. The molecule has 0 bridgehead atoms. The van der Waals surface area contributed by atoms with Crippen LogP contribution in [-0.4, -0.2) is 55.5 Å². The number of carbonyl (C=O) groups is 2. The molecule has 1 aliphatic rings. The number of carbonyl (C=O) groups excluding carboxylic acids is 2. The van der Waals surface area contributed by atoms with E-state index in [0.717, 1.165) is 36.1 Å². The summed E-state index contributed by atoms with van der Waals surface area (Å²) in [7, 11) is 0. The quantitative estimate of drug-likeness (QED) is 0.730. The van der Waals surface area contributed by atoms with Gasteiger partial charge in [-0.25, -0.2) is 0 Å². The predicted octanol–water partition coefficient (Wildman–Crippen LogP) is 2.49. The fourth-order valence-corrected chi connectivity index (χ4v) is 3.77. The first-order valence-corrected chi connectivity index (χ1v) is 9.47. The van der Waals surface area contributed by atoms with Gasteiger partial charge in [0, 0.05) is 43.4 Å². The zero-order chi connectivity index (χ0) is 17.5. The lowest BCUT2D eigenvalue weighted by Crippen LogP contribution is -2.51. The maximum absolute atomic E-state index is 12.1. The molecule has 2 heterocycles. The van der Waals surface area contributed by atoms with E-state index >= 15 is 0 Å². The van der Waals surface area contributed by atoms with Gasteiger partial charge in [-0.2, -0.15) is 0 Å². The van der Waals surface area contributed by atoms with Gasteiger partial charge in [0.25, 0.3) is 0 Å². The van der Waals surface area contributed by atoms with Crippen LogP contribution in [0.1, 0.15) is 41.2 Å². The SMILES string of the molecule is Cc1ccc(C(=O)CCC(=O)NCC(C(C)C)N2CCOCC2)s1. The number of hydrogen-bond acceptors (Lipinski definition) is 5. The molecule has 1 unspecified atom stereocenters. The van der Waals surface area contributed by atoms with Crippen molar-refractivity contribution in [2.24, 2.45) is 5.92 Å². The lowest BCUT2D eigenvalue weighted by molar-refractivity contribution is -0.121. The summed E-state index contributed by atoms with van der Waals surface area (Å²) in [6.45, 7) is 10.3. The molecule has 1 aromatic heterocycles. The minimum Gasteiger partial charge on any atom is -0.379 e. The third kappa shape index (κ3) is 5.69. The topological polar surface area (TPSA) is 58.6 Å². The molecule has 1 amide bonds. The molecule has 1 atom stereocenters. The number of Topliss-reactive ketones (excluding diaryl/α,β-unsaturated/α-hetero) is 1. The van der Waals surface area contributed by atoms with Crippen LogP contribution >= 0.6 is 11.3 Å². The lowest BCUT2D eigenvalue weighted by Gasteiger charge is -2.36. The van der Waals surface area contributed by atoms with Crippen LogP contribution in [0.4, 0.5) is 0 Å². The van der Waals surface area contributed by atoms with Crippen LogP contribution < -0.4 is 5.32 Å². The Morgan fingerprint density at radius 3 is 2.54 bits per heavy atom. The van der Waals surface area contributed by atoms with Crippen molar-refractivity contribution in [2.75, 3.05) is 32.8 Å². The first kappa shape index (κ1) is 19.1. The van der Waals surface area contributed by atoms with E-state index in [1.807, 2.05) is 19.1 Å². The first-order chi connectivity index (χ1) is 11.5. The number of rotatable bonds is 8. The lowest BCUT2D eigenvalue weighted by atomic mass is 10.0. The van der Waals surface area contributed by atoms with Crippen molar-refractivity contribution in [1.29, 1.82) is 0 Å². The molecule has 1 saturated heterocycles. The summed E-state index contributed by atoms with van der Waals surface area (Å²) < 4.78 is 5.40. The molecule has 134 valence electrons. The Hall–Kier alpha value is -1.24. The summed E-state index contributed by atoms with van der Waals surface area (Å²) in [4.78, 5) is 28.4. The Kier molecular flexibility index (Phi) is 7.40. The third-order valence-electron chi connectivity index (χ3n) is 4.39. The number of amides is 1. The molecule has 1 fully saturated rings. The summed E-state index contributed by atoms with van der Waals surface area (Å²) in [5, 5.41) is 3.00. The Bertz CT molecular complexity index is 550. The highest BCUT2D eigenvalue weighted by Crippen LogP contribution is 2.17. The molecule has 0 aromatic carbocycles. The van der Waals surface area contributed by atoms with E-state index in [-0.39, 0.29) is 24.5 Å². The van der Waals surface area contributed by atoms with Crippen molar-refractivity contribution >= 4 is 23.0 Å². The van der Waals surface area contributed by atoms with Gasteiger partial charge in [0.1, 0.15) is 0 Å². The van der Waals surface area contributed by atoms with Gasteiger partial charge in [-0.15, -0.1) is 11.3 Å². The molecule has 5 nitrogen and oxygen atoms in total. The van der Waals surface area contributed by atoms with Crippen LogP contribution in [0.5, 0.6) is 0 Å². The fraction of sp³-hybridized carbons (Fsp3) is 0.667. The van der Waals surface area contributed by atoms with Gasteiger partial charge < -0.3 is 10.1 Å². The number of ketones is 1. The number of aryl methyl sites for hydroxylation is 1. The monoisotopic (exact) mass is 352 g/mol. The molecule has 0 radical (unpaired) electrons. The van der Waals surface area contributed by atoms with Crippen LogP contribution in [0.25, 0.3) is 0 Å². The Labute approximate surface area is 148 Å². The van der Waals surface area contributed by atoms with Gasteiger partial charge in [-0.1, -0.05) is 13.8 Å². The molecular weight excluding hydrogens is 324 g/mol. The van der Waals surface area contributed by atoms with E-state index in [1.54, 1.807) is 0 Å². The Morgan fingerprint density at radius 2 is 1.96 bits per heavy atom. The van der Waals surface area contributed by atoms with Gasteiger partial charge in [0.2, 0.25) is 5.91 Å². The minimum atomic E-state index is -0.0458. The maximum Gasteiger partial charge on any atom is 0.220 e. The Balaban J connectivity index is 1.75. The molecule has 1 aromatic rings. The van der Waals surface area contributed by atoms with Crippen LogP contribution in [-0.2, 0) is 9.53 Å².